The van der Waals surface area contributed by atoms with Crippen LogP contribution in [0.5, 0.6) is 0 Å². The molecule has 3 aromatic rings. The van der Waals surface area contributed by atoms with E-state index in [4.69, 9.17) is 11.6 Å². The van der Waals surface area contributed by atoms with Gasteiger partial charge in [-0.25, -0.2) is 4.39 Å². The molecule has 0 radical (unpaired) electrons. The lowest BCUT2D eigenvalue weighted by Gasteiger charge is -2.32. The summed E-state index contributed by atoms with van der Waals surface area (Å²) in [5, 5.41) is 3.51. The minimum absolute atomic E-state index is 0.114. The first kappa shape index (κ1) is 23.5. The van der Waals surface area contributed by atoms with Gasteiger partial charge in [0, 0.05) is 18.1 Å². The van der Waals surface area contributed by atoms with E-state index >= 15 is 0 Å². The molecule has 0 aliphatic heterocycles. The number of halogens is 2. The highest BCUT2D eigenvalue weighted by atomic mass is 35.5. The average molecular weight is 453 g/mol. The number of rotatable bonds is 9. The molecule has 1 N–H and O–H groups in total. The summed E-state index contributed by atoms with van der Waals surface area (Å²) >= 11 is 5.97. The van der Waals surface area contributed by atoms with Crippen LogP contribution in [0.2, 0.25) is 5.02 Å². The van der Waals surface area contributed by atoms with Crippen LogP contribution in [0.4, 0.5) is 4.39 Å². The molecule has 3 aromatic carbocycles. The number of carbonyl (C=O) groups is 2. The number of nitrogens with one attached hydrogen (secondary N) is 1. The number of benzene rings is 3. The van der Waals surface area contributed by atoms with Crippen LogP contribution >= 0.6 is 11.6 Å². The Morgan fingerprint density at radius 2 is 1.56 bits per heavy atom. The zero-order valence-corrected chi connectivity index (χ0v) is 18.7. The average Bonchev–Trinajstić information content (AvgIpc) is 2.80. The summed E-state index contributed by atoms with van der Waals surface area (Å²) < 4.78 is 13.4. The smallest absolute Gasteiger partial charge is 0.247 e. The molecule has 0 fully saturated rings. The standard InChI is InChI=1S/C26H26ClFN2O2/c1-2-16-29-26(32)25(21-6-4-3-5-7-21)30(18-20-10-14-23(28)15-11-20)24(31)17-19-8-12-22(27)13-9-19/h3-15,25H,2,16-18H2,1H3,(H,29,32)/t25-/m1/s1. The van der Waals surface area contributed by atoms with Gasteiger partial charge in [-0.1, -0.05) is 73.1 Å². The van der Waals surface area contributed by atoms with Gasteiger partial charge < -0.3 is 10.2 Å². The van der Waals surface area contributed by atoms with Crippen molar-refractivity contribution >= 4 is 23.4 Å². The molecule has 0 heterocycles. The Balaban J connectivity index is 1.97. The van der Waals surface area contributed by atoms with Crippen molar-refractivity contribution in [2.75, 3.05) is 6.54 Å². The van der Waals surface area contributed by atoms with Crippen molar-refractivity contribution in [2.45, 2.75) is 32.4 Å². The molecule has 32 heavy (non-hydrogen) atoms. The van der Waals surface area contributed by atoms with Crippen molar-refractivity contribution in [3.63, 3.8) is 0 Å². The summed E-state index contributed by atoms with van der Waals surface area (Å²) in [4.78, 5) is 28.3. The fourth-order valence-corrected chi connectivity index (χ4v) is 3.57. The van der Waals surface area contributed by atoms with Gasteiger partial charge in [-0.05, 0) is 47.4 Å². The van der Waals surface area contributed by atoms with Gasteiger partial charge in [-0.3, -0.25) is 9.59 Å². The summed E-state index contributed by atoms with van der Waals surface area (Å²) in [5.41, 5.74) is 2.25. The normalized spacial score (nSPS) is 11.6. The highest BCUT2D eigenvalue weighted by Gasteiger charge is 2.31. The highest BCUT2D eigenvalue weighted by molar-refractivity contribution is 6.30. The Morgan fingerprint density at radius 3 is 2.19 bits per heavy atom. The molecule has 3 rings (SSSR count). The van der Waals surface area contributed by atoms with Gasteiger partial charge in [-0.15, -0.1) is 0 Å². The van der Waals surface area contributed by atoms with Crippen molar-refractivity contribution in [2.24, 2.45) is 0 Å². The molecule has 166 valence electrons. The van der Waals surface area contributed by atoms with E-state index in [-0.39, 0.29) is 30.6 Å². The van der Waals surface area contributed by atoms with Gasteiger partial charge in [-0.2, -0.15) is 0 Å². The molecular weight excluding hydrogens is 427 g/mol. The zero-order valence-electron chi connectivity index (χ0n) is 17.9. The minimum atomic E-state index is -0.812. The maximum Gasteiger partial charge on any atom is 0.247 e. The molecule has 4 nitrogen and oxygen atoms in total. The largest absolute Gasteiger partial charge is 0.354 e. The van der Waals surface area contributed by atoms with E-state index in [0.717, 1.165) is 17.5 Å². The van der Waals surface area contributed by atoms with Crippen LogP contribution in [0.15, 0.2) is 78.9 Å². The predicted molar refractivity (Wildman–Crippen MR) is 125 cm³/mol. The Hall–Kier alpha value is -3.18. The third-order valence-corrected chi connectivity index (χ3v) is 5.33. The summed E-state index contributed by atoms with van der Waals surface area (Å²) in [6.07, 6.45) is 0.896. The van der Waals surface area contributed by atoms with Crippen molar-refractivity contribution in [3.05, 3.63) is 106 Å². The fraction of sp³-hybridized carbons (Fsp3) is 0.231. The van der Waals surface area contributed by atoms with E-state index in [0.29, 0.717) is 17.1 Å². The van der Waals surface area contributed by atoms with E-state index in [1.165, 1.54) is 12.1 Å². The first-order valence-corrected chi connectivity index (χ1v) is 11.0. The molecule has 0 aromatic heterocycles. The molecule has 0 aliphatic carbocycles. The third kappa shape index (κ3) is 6.41. The Kier molecular flexibility index (Phi) is 8.40. The van der Waals surface area contributed by atoms with E-state index < -0.39 is 6.04 Å². The van der Waals surface area contributed by atoms with Crippen LogP contribution in [0.1, 0.15) is 36.1 Å². The van der Waals surface area contributed by atoms with Crippen LogP contribution in [0.25, 0.3) is 0 Å². The number of hydrogen-bond acceptors (Lipinski definition) is 2. The first-order valence-electron chi connectivity index (χ1n) is 10.6. The van der Waals surface area contributed by atoms with Crippen molar-refractivity contribution in [3.8, 4) is 0 Å². The van der Waals surface area contributed by atoms with Crippen molar-refractivity contribution in [1.82, 2.24) is 10.2 Å². The Morgan fingerprint density at radius 1 is 0.938 bits per heavy atom. The van der Waals surface area contributed by atoms with Crippen LogP contribution in [-0.2, 0) is 22.6 Å². The monoisotopic (exact) mass is 452 g/mol. The van der Waals surface area contributed by atoms with E-state index in [1.807, 2.05) is 37.3 Å². The van der Waals surface area contributed by atoms with Crippen LogP contribution < -0.4 is 5.32 Å². The molecule has 1 atom stereocenters. The molecular formula is C26H26ClFN2O2. The SMILES string of the molecule is CCCNC(=O)[C@@H](c1ccccc1)N(Cc1ccc(F)cc1)C(=O)Cc1ccc(Cl)cc1. The van der Waals surface area contributed by atoms with Gasteiger partial charge in [0.25, 0.3) is 0 Å². The van der Waals surface area contributed by atoms with Gasteiger partial charge in [0.1, 0.15) is 11.9 Å². The van der Waals surface area contributed by atoms with E-state index in [2.05, 4.69) is 5.32 Å². The molecule has 0 aliphatic rings. The highest BCUT2D eigenvalue weighted by Crippen LogP contribution is 2.25. The first-order chi connectivity index (χ1) is 15.5. The van der Waals surface area contributed by atoms with Gasteiger partial charge in [0.15, 0.2) is 0 Å². The molecule has 0 saturated heterocycles. The summed E-state index contributed by atoms with van der Waals surface area (Å²) in [7, 11) is 0. The van der Waals surface area contributed by atoms with E-state index in [9.17, 15) is 14.0 Å². The van der Waals surface area contributed by atoms with Crippen molar-refractivity contribution in [1.29, 1.82) is 0 Å². The second kappa shape index (κ2) is 11.4. The van der Waals surface area contributed by atoms with Gasteiger partial charge in [0.05, 0.1) is 6.42 Å². The number of carbonyl (C=O) groups excluding carboxylic acids is 2. The second-order valence-corrected chi connectivity index (χ2v) is 7.99. The maximum atomic E-state index is 13.5. The number of nitrogens with zero attached hydrogens (tertiary/aromatic N) is 1. The molecule has 0 spiro atoms. The molecule has 6 heteroatoms. The minimum Gasteiger partial charge on any atom is -0.354 e. The van der Waals surface area contributed by atoms with E-state index in [1.54, 1.807) is 41.3 Å². The Labute approximate surface area is 193 Å². The topological polar surface area (TPSA) is 49.4 Å². The molecule has 0 unspecified atom stereocenters. The fourth-order valence-electron chi connectivity index (χ4n) is 3.44. The lowest BCUT2D eigenvalue weighted by Crippen LogP contribution is -2.44. The van der Waals surface area contributed by atoms with Crippen LogP contribution in [0.3, 0.4) is 0 Å². The quantitative estimate of drug-likeness (QED) is 0.477. The maximum absolute atomic E-state index is 13.5. The molecule has 2 amide bonds. The zero-order chi connectivity index (χ0) is 22.9. The second-order valence-electron chi connectivity index (χ2n) is 7.56. The summed E-state index contributed by atoms with van der Waals surface area (Å²) in [6, 6.07) is 21.4. The molecule has 0 saturated carbocycles. The van der Waals surface area contributed by atoms with Gasteiger partial charge >= 0.3 is 0 Å². The summed E-state index contributed by atoms with van der Waals surface area (Å²) in [6.45, 7) is 2.66. The lowest BCUT2D eigenvalue weighted by molar-refractivity contribution is -0.141. The van der Waals surface area contributed by atoms with Crippen LogP contribution in [-0.4, -0.2) is 23.3 Å². The van der Waals surface area contributed by atoms with Gasteiger partial charge in [0.2, 0.25) is 11.8 Å². The lowest BCUT2D eigenvalue weighted by atomic mass is 10.0. The summed E-state index contributed by atoms with van der Waals surface area (Å²) in [5.74, 6) is -0.810. The number of amides is 2. The third-order valence-electron chi connectivity index (χ3n) is 5.08. The Bertz CT molecular complexity index is 1020. The predicted octanol–water partition coefficient (Wildman–Crippen LogP) is 5.32. The number of hydrogen-bond donors (Lipinski definition) is 1. The molecule has 0 bridgehead atoms. The van der Waals surface area contributed by atoms with Crippen LogP contribution in [0, 0.1) is 5.82 Å². The van der Waals surface area contributed by atoms with Crippen molar-refractivity contribution < 1.29 is 14.0 Å².